The molecular weight excluding hydrogens is 226 g/mol. The first-order valence-electron chi connectivity index (χ1n) is 5.56. The van der Waals surface area contributed by atoms with Crippen LogP contribution >= 0.6 is 0 Å². The van der Waals surface area contributed by atoms with Gasteiger partial charge in [-0.3, -0.25) is 0 Å². The van der Waals surface area contributed by atoms with Crippen molar-refractivity contribution in [1.29, 1.82) is 0 Å². The Labute approximate surface area is 98.8 Å². The highest BCUT2D eigenvalue weighted by atomic mass is 16.8. The van der Waals surface area contributed by atoms with Crippen molar-refractivity contribution < 1.29 is 23.7 Å². The Balaban J connectivity index is 1.95. The van der Waals surface area contributed by atoms with Crippen LogP contribution in [-0.4, -0.2) is 42.5 Å². The summed E-state index contributed by atoms with van der Waals surface area (Å²) >= 11 is 0. The summed E-state index contributed by atoms with van der Waals surface area (Å²) in [6.45, 7) is 7.57. The van der Waals surface area contributed by atoms with E-state index < -0.39 is 29.8 Å². The van der Waals surface area contributed by atoms with E-state index in [4.69, 9.17) is 18.9 Å². The Hall–Kier alpha value is -1.11. The van der Waals surface area contributed by atoms with Gasteiger partial charge in [-0.1, -0.05) is 6.08 Å². The summed E-state index contributed by atoms with van der Waals surface area (Å²) in [7, 11) is 0. The summed E-state index contributed by atoms with van der Waals surface area (Å²) in [5.74, 6) is -0.723. The summed E-state index contributed by atoms with van der Waals surface area (Å²) < 4.78 is 22.0. The van der Waals surface area contributed by atoms with E-state index in [9.17, 15) is 4.79 Å². The summed E-state index contributed by atoms with van der Waals surface area (Å²) in [6, 6.07) is 0. The van der Waals surface area contributed by atoms with E-state index in [-0.39, 0.29) is 12.7 Å². The van der Waals surface area contributed by atoms with Gasteiger partial charge >= 0.3 is 6.09 Å². The maximum Gasteiger partial charge on any atom is 0.408 e. The third-order valence-electron chi connectivity index (χ3n) is 3.38. The van der Waals surface area contributed by atoms with Crippen LogP contribution in [0.3, 0.4) is 0 Å². The molecule has 94 valence electrons. The van der Waals surface area contributed by atoms with E-state index in [0.717, 1.165) is 0 Å². The molecule has 1 N–H and O–H groups in total. The summed E-state index contributed by atoms with van der Waals surface area (Å²) in [5, 5.41) is 2.74. The zero-order chi connectivity index (χ0) is 12.3. The molecule has 0 aromatic heterocycles. The average Bonchev–Trinajstić information content (AvgIpc) is 2.69. The quantitative estimate of drug-likeness (QED) is 0.678. The van der Waals surface area contributed by atoms with Gasteiger partial charge < -0.3 is 24.3 Å². The SMILES string of the molecule is C=C[C@]12NC(=O)OC[C@H]1O[C@@H]1OC(C)(C)O[C@@H]12. The van der Waals surface area contributed by atoms with Crippen LogP contribution in [0.5, 0.6) is 0 Å². The molecule has 0 radical (unpaired) electrons. The van der Waals surface area contributed by atoms with Gasteiger partial charge in [0.15, 0.2) is 12.1 Å². The molecule has 0 saturated carbocycles. The number of hydrogen-bond donors (Lipinski definition) is 1. The highest BCUT2D eigenvalue weighted by Gasteiger charge is 2.64. The van der Waals surface area contributed by atoms with E-state index in [1.54, 1.807) is 6.08 Å². The molecule has 3 rings (SSSR count). The van der Waals surface area contributed by atoms with E-state index in [1.165, 1.54) is 0 Å². The predicted octanol–water partition coefficient (Wildman–Crippen LogP) is 0.527. The lowest BCUT2D eigenvalue weighted by Crippen LogP contribution is -2.64. The number of amides is 1. The molecule has 3 aliphatic heterocycles. The molecule has 0 aromatic carbocycles. The number of ether oxygens (including phenoxy) is 4. The van der Waals surface area contributed by atoms with Crippen LogP contribution in [0.15, 0.2) is 12.7 Å². The van der Waals surface area contributed by atoms with Crippen molar-refractivity contribution in [3.8, 4) is 0 Å². The van der Waals surface area contributed by atoms with Gasteiger partial charge in [0.2, 0.25) is 0 Å². The zero-order valence-corrected chi connectivity index (χ0v) is 9.76. The number of carbonyl (C=O) groups is 1. The second-order valence-electron chi connectivity index (χ2n) is 4.91. The van der Waals surface area contributed by atoms with Gasteiger partial charge in [-0.15, -0.1) is 6.58 Å². The van der Waals surface area contributed by atoms with Crippen molar-refractivity contribution in [3.63, 3.8) is 0 Å². The summed E-state index contributed by atoms with van der Waals surface area (Å²) in [6.07, 6.45) is -0.0709. The Morgan fingerprint density at radius 2 is 2.24 bits per heavy atom. The number of hydrogen-bond acceptors (Lipinski definition) is 5. The lowest BCUT2D eigenvalue weighted by Gasteiger charge is -2.38. The van der Waals surface area contributed by atoms with Crippen LogP contribution in [0.25, 0.3) is 0 Å². The molecule has 3 fully saturated rings. The largest absolute Gasteiger partial charge is 0.447 e. The minimum absolute atomic E-state index is 0.179. The highest BCUT2D eigenvalue weighted by molar-refractivity contribution is 5.70. The van der Waals surface area contributed by atoms with Crippen molar-refractivity contribution in [2.45, 2.75) is 43.7 Å². The molecular formula is C11H15NO5. The molecule has 0 bridgehead atoms. The Kier molecular flexibility index (Phi) is 2.08. The first-order valence-corrected chi connectivity index (χ1v) is 5.56. The van der Waals surface area contributed by atoms with Crippen molar-refractivity contribution in [2.75, 3.05) is 6.61 Å². The molecule has 6 nitrogen and oxygen atoms in total. The normalized spacial score (nSPS) is 46.7. The first-order chi connectivity index (χ1) is 7.97. The van der Waals surface area contributed by atoms with Gasteiger partial charge in [0, 0.05) is 0 Å². The van der Waals surface area contributed by atoms with Crippen LogP contribution in [0.1, 0.15) is 13.8 Å². The number of alkyl carbamates (subject to hydrolysis) is 1. The summed E-state index contributed by atoms with van der Waals surface area (Å²) in [5.41, 5.74) is -0.770. The number of carbonyl (C=O) groups excluding carboxylic acids is 1. The topological polar surface area (TPSA) is 66.0 Å². The van der Waals surface area contributed by atoms with Gasteiger partial charge in [-0.05, 0) is 13.8 Å². The van der Waals surface area contributed by atoms with Gasteiger partial charge in [-0.2, -0.15) is 0 Å². The van der Waals surface area contributed by atoms with Gasteiger partial charge in [0.1, 0.15) is 24.4 Å². The smallest absolute Gasteiger partial charge is 0.408 e. The molecule has 0 unspecified atom stereocenters. The highest BCUT2D eigenvalue weighted by Crippen LogP contribution is 2.44. The number of fused-ring (bicyclic) bond motifs is 3. The number of rotatable bonds is 1. The minimum atomic E-state index is -0.770. The van der Waals surface area contributed by atoms with Crippen molar-refractivity contribution in [3.05, 3.63) is 12.7 Å². The van der Waals surface area contributed by atoms with Crippen molar-refractivity contribution in [1.82, 2.24) is 5.32 Å². The molecule has 3 saturated heterocycles. The Morgan fingerprint density at radius 1 is 1.47 bits per heavy atom. The molecule has 6 heteroatoms. The predicted molar refractivity (Wildman–Crippen MR) is 56.1 cm³/mol. The van der Waals surface area contributed by atoms with Crippen LogP contribution < -0.4 is 5.32 Å². The number of nitrogens with one attached hydrogen (secondary N) is 1. The summed E-state index contributed by atoms with van der Waals surface area (Å²) in [4.78, 5) is 11.4. The fraction of sp³-hybridized carbons (Fsp3) is 0.727. The van der Waals surface area contributed by atoms with E-state index in [1.807, 2.05) is 13.8 Å². The van der Waals surface area contributed by atoms with Gasteiger partial charge in [-0.25, -0.2) is 4.79 Å². The van der Waals surface area contributed by atoms with E-state index >= 15 is 0 Å². The zero-order valence-electron chi connectivity index (χ0n) is 9.76. The number of cyclic esters (lactones) is 1. The average molecular weight is 241 g/mol. The second-order valence-corrected chi connectivity index (χ2v) is 4.91. The first kappa shape index (κ1) is 11.0. The molecule has 1 amide bonds. The van der Waals surface area contributed by atoms with E-state index in [2.05, 4.69) is 11.9 Å². The Morgan fingerprint density at radius 3 is 2.94 bits per heavy atom. The van der Waals surface area contributed by atoms with Gasteiger partial charge in [0.05, 0.1) is 0 Å². The second kappa shape index (κ2) is 3.22. The molecule has 17 heavy (non-hydrogen) atoms. The Bertz CT molecular complexity index is 382. The maximum absolute atomic E-state index is 11.4. The fourth-order valence-corrected chi connectivity index (χ4v) is 2.60. The standard InChI is InChI=1S/C11H15NO5/c1-4-11-6(5-14-9(13)12-11)15-8-7(11)16-10(2,3)17-8/h4,6-8H,1,5H2,2-3H3,(H,12,13)/t6-,7+,8-,11+/m1/s1. The monoisotopic (exact) mass is 241 g/mol. The van der Waals surface area contributed by atoms with Crippen LogP contribution in [0, 0.1) is 0 Å². The third-order valence-corrected chi connectivity index (χ3v) is 3.38. The molecule has 0 aromatic rings. The minimum Gasteiger partial charge on any atom is -0.447 e. The lowest BCUT2D eigenvalue weighted by atomic mass is 9.88. The molecule has 4 atom stereocenters. The van der Waals surface area contributed by atoms with Crippen LogP contribution in [-0.2, 0) is 18.9 Å². The van der Waals surface area contributed by atoms with Crippen molar-refractivity contribution >= 4 is 6.09 Å². The lowest BCUT2D eigenvalue weighted by molar-refractivity contribution is -0.216. The maximum atomic E-state index is 11.4. The van der Waals surface area contributed by atoms with Gasteiger partial charge in [0.25, 0.3) is 0 Å². The molecule has 0 spiro atoms. The molecule has 3 heterocycles. The van der Waals surface area contributed by atoms with E-state index in [0.29, 0.717) is 0 Å². The van der Waals surface area contributed by atoms with Crippen LogP contribution in [0.4, 0.5) is 4.79 Å². The molecule has 0 aliphatic carbocycles. The van der Waals surface area contributed by atoms with Crippen molar-refractivity contribution in [2.24, 2.45) is 0 Å². The fourth-order valence-electron chi connectivity index (χ4n) is 2.60. The third kappa shape index (κ3) is 1.41. The molecule has 3 aliphatic rings. The van der Waals surface area contributed by atoms with Crippen LogP contribution in [0.2, 0.25) is 0 Å².